The van der Waals surface area contributed by atoms with Crippen LogP contribution in [0.3, 0.4) is 0 Å². The fraction of sp³-hybridized carbons (Fsp3) is 1.00. The second kappa shape index (κ2) is 22.2. The summed E-state index contributed by atoms with van der Waals surface area (Å²) < 4.78 is 2.95. The highest BCUT2D eigenvalue weighted by molar-refractivity contribution is 6.83. The number of nitrogens with zero attached hydrogens (tertiary/aromatic N) is 1. The van der Waals surface area contributed by atoms with Crippen LogP contribution in [0.1, 0.15) is 142 Å². The Morgan fingerprint density at radius 3 is 1.23 bits per heavy atom. The van der Waals surface area contributed by atoms with Gasteiger partial charge in [-0.1, -0.05) is 162 Å². The fourth-order valence-electron chi connectivity index (χ4n) is 4.94. The summed E-state index contributed by atoms with van der Waals surface area (Å²) in [7, 11) is 0.645. The molecule has 3 heteroatoms. The van der Waals surface area contributed by atoms with E-state index in [0.717, 1.165) is 0 Å². The van der Waals surface area contributed by atoms with Gasteiger partial charge in [0.25, 0.3) is 0 Å². The van der Waals surface area contributed by atoms with E-state index in [1.165, 1.54) is 134 Å². The molecule has 0 aliphatic heterocycles. The molecule has 0 aliphatic carbocycles. The van der Waals surface area contributed by atoms with Crippen LogP contribution < -0.4 is 0 Å². The van der Waals surface area contributed by atoms with Gasteiger partial charge in [0, 0.05) is 0 Å². The first-order chi connectivity index (χ1) is 15.0. The Morgan fingerprint density at radius 2 is 0.839 bits per heavy atom. The summed E-state index contributed by atoms with van der Waals surface area (Å²) in [5.74, 6) is 0. The third-order valence-electron chi connectivity index (χ3n) is 7.73. The molecule has 0 aromatic rings. The normalized spacial score (nSPS) is 13.3. The highest BCUT2D eigenvalue weighted by Gasteiger charge is 2.29. The van der Waals surface area contributed by atoms with E-state index in [2.05, 4.69) is 44.8 Å². The average Bonchev–Trinajstić information content (AvgIpc) is 2.75. The van der Waals surface area contributed by atoms with Crippen LogP contribution in [0.5, 0.6) is 0 Å². The lowest BCUT2D eigenvalue weighted by Crippen LogP contribution is -2.52. The number of hydrogen-bond acceptors (Lipinski definition) is 1. The Labute approximate surface area is 202 Å². The van der Waals surface area contributed by atoms with E-state index in [9.17, 15) is 0 Å². The minimum Gasteiger partial charge on any atom is -0.351 e. The van der Waals surface area contributed by atoms with E-state index in [0.29, 0.717) is 0 Å². The van der Waals surface area contributed by atoms with Crippen molar-refractivity contribution in [1.82, 2.24) is 4.23 Å². The summed E-state index contributed by atoms with van der Waals surface area (Å²) in [4.78, 5) is 0. The van der Waals surface area contributed by atoms with E-state index >= 15 is 0 Å². The molecule has 0 saturated heterocycles. The molecule has 0 spiro atoms. The second-order valence-electron chi connectivity index (χ2n) is 11.2. The zero-order valence-electron chi connectivity index (χ0n) is 23.1. The van der Waals surface area contributed by atoms with Gasteiger partial charge in [-0.25, -0.2) is 0 Å². The first kappa shape index (κ1) is 31.4. The van der Waals surface area contributed by atoms with Gasteiger partial charge in [-0.3, -0.25) is 0 Å². The second-order valence-corrected chi connectivity index (χ2v) is 19.6. The van der Waals surface area contributed by atoms with Gasteiger partial charge in [0.15, 0.2) is 0 Å². The molecular weight excluding hydrogens is 406 g/mol. The van der Waals surface area contributed by atoms with E-state index in [4.69, 9.17) is 0 Å². The molecule has 188 valence electrons. The lowest BCUT2D eigenvalue weighted by Gasteiger charge is -2.38. The molecule has 0 rings (SSSR count). The minimum absolute atomic E-state index is 0.689. The maximum absolute atomic E-state index is 2.95. The standard InChI is InChI=1S/C28H63NSi2/c1-7-9-11-13-15-17-19-21-23-25-27-30(4)29(3)31(5,6)28-26-24-22-20-18-16-14-12-10-8-2/h30H,7-28H2,1-6H3. The smallest absolute Gasteiger partial charge is 0.115 e. The molecule has 1 atom stereocenters. The summed E-state index contributed by atoms with van der Waals surface area (Å²) in [5.41, 5.74) is 0. The van der Waals surface area contributed by atoms with Crippen LogP contribution in [0.25, 0.3) is 0 Å². The van der Waals surface area contributed by atoms with Crippen molar-refractivity contribution >= 4 is 17.2 Å². The van der Waals surface area contributed by atoms with Crippen LogP contribution >= 0.6 is 0 Å². The average molecular weight is 470 g/mol. The zero-order chi connectivity index (χ0) is 23.2. The van der Waals surface area contributed by atoms with Crippen LogP contribution in [0.15, 0.2) is 0 Å². The van der Waals surface area contributed by atoms with Crippen molar-refractivity contribution in [2.45, 2.75) is 174 Å². The fourth-order valence-corrected chi connectivity index (χ4v) is 13.2. The molecule has 0 heterocycles. The van der Waals surface area contributed by atoms with Crippen LogP contribution in [-0.2, 0) is 0 Å². The molecule has 1 nitrogen and oxygen atoms in total. The van der Waals surface area contributed by atoms with Crippen molar-refractivity contribution in [1.29, 1.82) is 0 Å². The first-order valence-corrected chi connectivity index (χ1v) is 20.3. The summed E-state index contributed by atoms with van der Waals surface area (Å²) >= 11 is 0. The largest absolute Gasteiger partial charge is 0.351 e. The quantitative estimate of drug-likeness (QED) is 0.100. The van der Waals surface area contributed by atoms with Gasteiger partial charge < -0.3 is 4.23 Å². The Balaban J connectivity index is 3.66. The van der Waals surface area contributed by atoms with Gasteiger partial charge >= 0.3 is 0 Å². The summed E-state index contributed by atoms with van der Waals surface area (Å²) in [6.07, 6.45) is 29.3. The van der Waals surface area contributed by atoms with Crippen molar-refractivity contribution in [3.8, 4) is 0 Å². The van der Waals surface area contributed by atoms with Gasteiger partial charge in [-0.15, -0.1) is 0 Å². The Morgan fingerprint density at radius 1 is 0.516 bits per heavy atom. The Kier molecular flexibility index (Phi) is 22.5. The molecular formula is C28H63NSi2. The SMILES string of the molecule is CCCCCCCCCCCC[SiH](C)N(C)[Si](C)(C)CCCCCCCCCCCC. The van der Waals surface area contributed by atoms with Crippen molar-refractivity contribution < 1.29 is 0 Å². The van der Waals surface area contributed by atoms with Crippen LogP contribution in [0, 0.1) is 0 Å². The van der Waals surface area contributed by atoms with Crippen LogP contribution in [0.2, 0.25) is 31.7 Å². The van der Waals surface area contributed by atoms with E-state index in [1.807, 2.05) is 0 Å². The van der Waals surface area contributed by atoms with Gasteiger partial charge in [0.05, 0.1) is 0 Å². The third-order valence-corrected chi connectivity index (χ3v) is 17.2. The van der Waals surface area contributed by atoms with Crippen molar-refractivity contribution in [2.75, 3.05) is 7.05 Å². The maximum Gasteiger partial charge on any atom is 0.115 e. The van der Waals surface area contributed by atoms with Crippen molar-refractivity contribution in [2.24, 2.45) is 0 Å². The Hall–Kier alpha value is 0.394. The predicted octanol–water partition coefficient (Wildman–Crippen LogP) is 10.3. The van der Waals surface area contributed by atoms with Gasteiger partial charge in [0.2, 0.25) is 0 Å². The highest BCUT2D eigenvalue weighted by atomic mass is 28.4. The summed E-state index contributed by atoms with van der Waals surface area (Å²) in [6.45, 7) is 12.5. The van der Waals surface area contributed by atoms with Crippen molar-refractivity contribution in [3.05, 3.63) is 0 Å². The van der Waals surface area contributed by atoms with E-state index in [-0.39, 0.29) is 0 Å². The van der Waals surface area contributed by atoms with Gasteiger partial charge in [0.1, 0.15) is 17.2 Å². The Bertz CT molecular complexity index is 359. The summed E-state index contributed by atoms with van der Waals surface area (Å²) in [6, 6.07) is 3.07. The third kappa shape index (κ3) is 19.6. The molecule has 0 bridgehead atoms. The van der Waals surface area contributed by atoms with Crippen LogP contribution in [-0.4, -0.2) is 28.5 Å². The molecule has 0 aromatic heterocycles. The summed E-state index contributed by atoms with van der Waals surface area (Å²) in [5, 5.41) is 0. The minimum atomic E-state index is -1.16. The van der Waals surface area contributed by atoms with E-state index < -0.39 is 17.2 Å². The lowest BCUT2D eigenvalue weighted by atomic mass is 10.1. The number of rotatable bonds is 24. The maximum atomic E-state index is 2.95. The highest BCUT2D eigenvalue weighted by Crippen LogP contribution is 2.22. The molecule has 0 fully saturated rings. The van der Waals surface area contributed by atoms with Gasteiger partial charge in [-0.2, -0.15) is 0 Å². The molecule has 1 unspecified atom stereocenters. The van der Waals surface area contributed by atoms with Crippen LogP contribution in [0.4, 0.5) is 0 Å². The topological polar surface area (TPSA) is 3.24 Å². The van der Waals surface area contributed by atoms with E-state index in [1.54, 1.807) is 6.04 Å². The van der Waals surface area contributed by atoms with Crippen molar-refractivity contribution in [3.63, 3.8) is 0 Å². The zero-order valence-corrected chi connectivity index (χ0v) is 25.2. The monoisotopic (exact) mass is 469 g/mol. The number of unbranched alkanes of at least 4 members (excludes halogenated alkanes) is 18. The van der Waals surface area contributed by atoms with Gasteiger partial charge in [-0.05, 0) is 19.1 Å². The predicted molar refractivity (Wildman–Crippen MR) is 152 cm³/mol. The first-order valence-electron chi connectivity index (χ1n) is 14.7. The molecule has 0 aromatic carbocycles. The molecule has 0 aliphatic rings. The molecule has 31 heavy (non-hydrogen) atoms. The molecule has 0 N–H and O–H groups in total. The molecule has 0 saturated carbocycles. The molecule has 0 radical (unpaired) electrons. The molecule has 0 amide bonds. The lowest BCUT2D eigenvalue weighted by molar-refractivity contribution is 0.559. The number of hydrogen-bond donors (Lipinski definition) is 0.